The summed E-state index contributed by atoms with van der Waals surface area (Å²) in [6, 6.07) is 15.8. The van der Waals surface area contributed by atoms with E-state index >= 15 is 0 Å². The molecule has 27 heavy (non-hydrogen) atoms. The van der Waals surface area contributed by atoms with E-state index in [1.165, 1.54) is 18.5 Å². The molecule has 1 fully saturated rings. The van der Waals surface area contributed by atoms with E-state index in [9.17, 15) is 4.79 Å². The van der Waals surface area contributed by atoms with Crippen LogP contribution in [0, 0.1) is 5.92 Å². The van der Waals surface area contributed by atoms with Gasteiger partial charge in [-0.3, -0.25) is 4.79 Å². The standard InChI is InChI=1S/C22H29N3O2/c1-17-12-15-25(16-13-17)20-7-3-19(4-8-20)24-22(26)11-14-23-18-5-9-21(27-2)10-6-18/h3-10,17,23H,11-16H2,1-2H3,(H,24,26). The molecule has 1 aliphatic heterocycles. The second-order valence-corrected chi connectivity index (χ2v) is 7.17. The van der Waals surface area contributed by atoms with Crippen LogP contribution in [0.3, 0.4) is 0 Å². The summed E-state index contributed by atoms with van der Waals surface area (Å²) in [6.45, 7) is 5.13. The molecule has 144 valence electrons. The van der Waals surface area contributed by atoms with Gasteiger partial charge in [-0.25, -0.2) is 0 Å². The van der Waals surface area contributed by atoms with Crippen molar-refractivity contribution in [2.45, 2.75) is 26.2 Å². The molecule has 0 aromatic heterocycles. The number of methoxy groups -OCH3 is 1. The van der Waals surface area contributed by atoms with Gasteiger partial charge in [0, 0.05) is 43.1 Å². The molecule has 1 amide bonds. The molecule has 5 heteroatoms. The molecule has 1 saturated heterocycles. The quantitative estimate of drug-likeness (QED) is 0.763. The van der Waals surface area contributed by atoms with Crippen molar-refractivity contribution in [1.29, 1.82) is 0 Å². The Hall–Kier alpha value is -2.69. The van der Waals surface area contributed by atoms with Crippen LogP contribution in [0.4, 0.5) is 17.1 Å². The van der Waals surface area contributed by atoms with Gasteiger partial charge in [0.2, 0.25) is 5.91 Å². The van der Waals surface area contributed by atoms with E-state index in [2.05, 4.69) is 34.6 Å². The zero-order valence-electron chi connectivity index (χ0n) is 16.2. The highest BCUT2D eigenvalue weighted by molar-refractivity contribution is 5.91. The third-order valence-corrected chi connectivity index (χ3v) is 5.07. The van der Waals surface area contributed by atoms with Crippen LogP contribution < -0.4 is 20.3 Å². The number of anilines is 3. The molecule has 5 nitrogen and oxygen atoms in total. The predicted molar refractivity (Wildman–Crippen MR) is 112 cm³/mol. The molecule has 0 saturated carbocycles. The molecule has 0 radical (unpaired) electrons. The van der Waals surface area contributed by atoms with E-state index in [1.54, 1.807) is 7.11 Å². The molecular formula is C22H29N3O2. The average Bonchev–Trinajstić information content (AvgIpc) is 2.70. The van der Waals surface area contributed by atoms with Crippen LogP contribution in [-0.2, 0) is 4.79 Å². The fourth-order valence-electron chi connectivity index (χ4n) is 3.28. The van der Waals surface area contributed by atoms with E-state index in [0.29, 0.717) is 13.0 Å². The first-order valence-corrected chi connectivity index (χ1v) is 9.67. The van der Waals surface area contributed by atoms with Crippen LogP contribution in [0.25, 0.3) is 0 Å². The lowest BCUT2D eigenvalue weighted by molar-refractivity contribution is -0.115. The Labute approximate surface area is 161 Å². The van der Waals surface area contributed by atoms with Crippen LogP contribution >= 0.6 is 0 Å². The second-order valence-electron chi connectivity index (χ2n) is 7.17. The number of nitrogens with zero attached hydrogens (tertiary/aromatic N) is 1. The zero-order chi connectivity index (χ0) is 19.1. The Bertz CT molecular complexity index is 720. The highest BCUT2D eigenvalue weighted by atomic mass is 16.5. The Morgan fingerprint density at radius 1 is 1.04 bits per heavy atom. The minimum absolute atomic E-state index is 0.00978. The first-order chi connectivity index (χ1) is 13.1. The fourth-order valence-corrected chi connectivity index (χ4v) is 3.28. The second kappa shape index (κ2) is 9.31. The van der Waals surface area contributed by atoms with Crippen molar-refractivity contribution in [3.63, 3.8) is 0 Å². The number of carbonyl (C=O) groups is 1. The van der Waals surface area contributed by atoms with Gasteiger partial charge in [0.1, 0.15) is 5.75 Å². The number of benzene rings is 2. The number of hydrogen-bond donors (Lipinski definition) is 2. The molecule has 0 atom stereocenters. The average molecular weight is 367 g/mol. The number of rotatable bonds is 7. The smallest absolute Gasteiger partial charge is 0.226 e. The Morgan fingerprint density at radius 3 is 2.30 bits per heavy atom. The summed E-state index contributed by atoms with van der Waals surface area (Å²) in [7, 11) is 1.65. The molecule has 1 aliphatic rings. The van der Waals surface area contributed by atoms with E-state index in [-0.39, 0.29) is 5.91 Å². The number of amides is 1. The molecule has 0 bridgehead atoms. The molecule has 1 heterocycles. The van der Waals surface area contributed by atoms with Crippen molar-refractivity contribution in [3.05, 3.63) is 48.5 Å². The summed E-state index contributed by atoms with van der Waals surface area (Å²) < 4.78 is 5.14. The first kappa shape index (κ1) is 19.1. The first-order valence-electron chi connectivity index (χ1n) is 9.67. The van der Waals surface area contributed by atoms with Gasteiger partial charge < -0.3 is 20.3 Å². The number of hydrogen-bond acceptors (Lipinski definition) is 4. The largest absolute Gasteiger partial charge is 0.497 e. The Morgan fingerprint density at radius 2 is 1.67 bits per heavy atom. The Kier molecular flexibility index (Phi) is 6.58. The maximum absolute atomic E-state index is 12.1. The summed E-state index contributed by atoms with van der Waals surface area (Å²) in [5.41, 5.74) is 3.06. The van der Waals surface area contributed by atoms with Crippen molar-refractivity contribution < 1.29 is 9.53 Å². The molecule has 0 aliphatic carbocycles. The SMILES string of the molecule is COc1ccc(NCCC(=O)Nc2ccc(N3CCC(C)CC3)cc2)cc1. The van der Waals surface area contributed by atoms with Crippen LogP contribution in [0.5, 0.6) is 5.75 Å². The van der Waals surface area contributed by atoms with Crippen molar-refractivity contribution in [2.75, 3.05) is 42.3 Å². The fraction of sp³-hybridized carbons (Fsp3) is 0.409. The van der Waals surface area contributed by atoms with Crippen LogP contribution in [-0.4, -0.2) is 32.7 Å². The molecular weight excluding hydrogens is 338 g/mol. The van der Waals surface area contributed by atoms with Gasteiger partial charge in [-0.2, -0.15) is 0 Å². The lowest BCUT2D eigenvalue weighted by Gasteiger charge is -2.32. The predicted octanol–water partition coefficient (Wildman–Crippen LogP) is 4.37. The maximum Gasteiger partial charge on any atom is 0.226 e. The third-order valence-electron chi connectivity index (χ3n) is 5.07. The topological polar surface area (TPSA) is 53.6 Å². The van der Waals surface area contributed by atoms with Crippen LogP contribution in [0.15, 0.2) is 48.5 Å². The van der Waals surface area contributed by atoms with Gasteiger partial charge in [-0.05, 0) is 67.3 Å². The minimum Gasteiger partial charge on any atom is -0.497 e. The van der Waals surface area contributed by atoms with Gasteiger partial charge in [0.15, 0.2) is 0 Å². The zero-order valence-corrected chi connectivity index (χ0v) is 16.2. The summed E-state index contributed by atoms with van der Waals surface area (Å²) in [4.78, 5) is 14.6. The van der Waals surface area contributed by atoms with Crippen molar-refractivity contribution in [3.8, 4) is 5.75 Å². The molecule has 2 aromatic carbocycles. The minimum atomic E-state index is 0.00978. The highest BCUT2D eigenvalue weighted by Crippen LogP contribution is 2.24. The third kappa shape index (κ3) is 5.64. The summed E-state index contributed by atoms with van der Waals surface area (Å²) in [5.74, 6) is 1.66. The van der Waals surface area contributed by atoms with Crippen molar-refractivity contribution >= 4 is 23.0 Å². The van der Waals surface area contributed by atoms with Gasteiger partial charge in [0.25, 0.3) is 0 Å². The van der Waals surface area contributed by atoms with Crippen LogP contribution in [0.1, 0.15) is 26.2 Å². The summed E-state index contributed by atoms with van der Waals surface area (Å²) >= 11 is 0. The van der Waals surface area contributed by atoms with Crippen LogP contribution in [0.2, 0.25) is 0 Å². The molecule has 2 aromatic rings. The van der Waals surface area contributed by atoms with Gasteiger partial charge in [-0.15, -0.1) is 0 Å². The van der Waals surface area contributed by atoms with E-state index in [4.69, 9.17) is 4.74 Å². The number of carbonyl (C=O) groups excluding carboxylic acids is 1. The number of ether oxygens (including phenoxy) is 1. The normalized spacial score (nSPS) is 14.7. The van der Waals surface area contributed by atoms with Gasteiger partial charge in [0.05, 0.1) is 7.11 Å². The maximum atomic E-state index is 12.1. The number of piperidine rings is 1. The lowest BCUT2D eigenvalue weighted by atomic mass is 9.99. The molecule has 0 spiro atoms. The van der Waals surface area contributed by atoms with E-state index in [0.717, 1.165) is 36.1 Å². The van der Waals surface area contributed by atoms with Crippen molar-refractivity contribution in [1.82, 2.24) is 0 Å². The van der Waals surface area contributed by atoms with E-state index < -0.39 is 0 Å². The lowest BCUT2D eigenvalue weighted by Crippen LogP contribution is -2.32. The number of nitrogens with one attached hydrogen (secondary N) is 2. The Balaban J connectivity index is 1.42. The molecule has 0 unspecified atom stereocenters. The monoisotopic (exact) mass is 367 g/mol. The van der Waals surface area contributed by atoms with E-state index in [1.807, 2.05) is 36.4 Å². The summed E-state index contributed by atoms with van der Waals surface area (Å²) in [5, 5.41) is 6.21. The summed E-state index contributed by atoms with van der Waals surface area (Å²) in [6.07, 6.45) is 2.91. The highest BCUT2D eigenvalue weighted by Gasteiger charge is 2.15. The van der Waals surface area contributed by atoms with Crippen molar-refractivity contribution in [2.24, 2.45) is 5.92 Å². The molecule has 3 rings (SSSR count). The molecule has 2 N–H and O–H groups in total. The van der Waals surface area contributed by atoms with Gasteiger partial charge in [-0.1, -0.05) is 6.92 Å². The van der Waals surface area contributed by atoms with Gasteiger partial charge >= 0.3 is 0 Å².